The summed E-state index contributed by atoms with van der Waals surface area (Å²) in [6.45, 7) is 1.50. The van der Waals surface area contributed by atoms with E-state index in [0.717, 1.165) is 0 Å². The lowest BCUT2D eigenvalue weighted by Crippen LogP contribution is -2.42. The van der Waals surface area contributed by atoms with Crippen LogP contribution in [0.2, 0.25) is 0 Å². The first-order chi connectivity index (χ1) is 11.6. The second-order valence-corrected chi connectivity index (χ2v) is 4.61. The van der Waals surface area contributed by atoms with Crippen molar-refractivity contribution in [2.75, 3.05) is 0 Å². The summed E-state index contributed by atoms with van der Waals surface area (Å²) < 4.78 is 10.1. The molecule has 2 rings (SSSR count). The van der Waals surface area contributed by atoms with E-state index in [2.05, 4.69) is 5.92 Å². The fourth-order valence-electron chi connectivity index (χ4n) is 1.66. The van der Waals surface area contributed by atoms with Crippen molar-refractivity contribution < 1.29 is 23.9 Å². The van der Waals surface area contributed by atoms with Crippen LogP contribution < -0.4 is 9.47 Å². The Morgan fingerprint density at radius 1 is 0.958 bits per heavy atom. The summed E-state index contributed by atoms with van der Waals surface area (Å²) in [4.78, 5) is 28.9. The van der Waals surface area contributed by atoms with Crippen LogP contribution in [-0.4, -0.2) is 23.4 Å². The number of benzene rings is 2. The lowest BCUT2D eigenvalue weighted by atomic mass is 10.3. The third kappa shape index (κ3) is 4.78. The maximum Gasteiger partial charge on any atom is 0.539 e. The van der Waals surface area contributed by atoms with Crippen molar-refractivity contribution in [2.45, 2.75) is 13.0 Å². The average Bonchev–Trinajstić information content (AvgIpc) is 2.60. The van der Waals surface area contributed by atoms with Crippen molar-refractivity contribution in [3.8, 4) is 23.8 Å². The number of terminal acetylenes is 1. The maximum atomic E-state index is 12.2. The smallest absolute Gasteiger partial charge is 0.408 e. The van der Waals surface area contributed by atoms with Gasteiger partial charge >= 0.3 is 12.2 Å². The van der Waals surface area contributed by atoms with Crippen LogP contribution in [0, 0.1) is 12.3 Å². The Hall–Kier alpha value is -3.46. The second-order valence-electron chi connectivity index (χ2n) is 4.61. The molecule has 0 aliphatic heterocycles. The van der Waals surface area contributed by atoms with E-state index >= 15 is 0 Å². The molecule has 0 aromatic heterocycles. The van der Waals surface area contributed by atoms with Gasteiger partial charge in [-0.15, -0.1) is 11.5 Å². The van der Waals surface area contributed by atoms with Gasteiger partial charge in [0.25, 0.3) is 0 Å². The lowest BCUT2D eigenvalue weighted by molar-refractivity contribution is -0.100. The monoisotopic (exact) mass is 325 g/mol. The highest BCUT2D eigenvalue weighted by Gasteiger charge is 2.26. The van der Waals surface area contributed by atoms with Crippen molar-refractivity contribution in [3.05, 3.63) is 60.7 Å². The van der Waals surface area contributed by atoms with Crippen LogP contribution in [0.15, 0.2) is 60.7 Å². The molecule has 2 aromatic rings. The molecule has 0 aliphatic carbocycles. The Morgan fingerprint density at radius 3 is 1.96 bits per heavy atom. The SMILES string of the molecule is C#CC(C)N(OC(=O)Oc1ccccc1)C(=O)Oc1ccccc1. The third-order valence-electron chi connectivity index (χ3n) is 2.84. The molecule has 0 bridgehead atoms. The minimum absolute atomic E-state index is 0.271. The number of hydroxylamine groups is 2. The molecule has 0 spiro atoms. The molecule has 0 N–H and O–H groups in total. The van der Waals surface area contributed by atoms with E-state index in [9.17, 15) is 9.59 Å². The highest BCUT2D eigenvalue weighted by Crippen LogP contribution is 2.14. The van der Waals surface area contributed by atoms with E-state index in [1.807, 2.05) is 0 Å². The summed E-state index contributed by atoms with van der Waals surface area (Å²) in [6.07, 6.45) is 3.26. The molecule has 6 heteroatoms. The molecule has 0 fully saturated rings. The van der Waals surface area contributed by atoms with Gasteiger partial charge in [-0.2, -0.15) is 0 Å². The second kappa shape index (κ2) is 8.25. The number of carbonyl (C=O) groups is 2. The Labute approximate surface area is 139 Å². The van der Waals surface area contributed by atoms with Crippen LogP contribution in [0.5, 0.6) is 11.5 Å². The van der Waals surface area contributed by atoms with Gasteiger partial charge in [0, 0.05) is 0 Å². The van der Waals surface area contributed by atoms with E-state index in [4.69, 9.17) is 20.7 Å². The quantitative estimate of drug-likeness (QED) is 0.373. The van der Waals surface area contributed by atoms with Crippen molar-refractivity contribution >= 4 is 12.2 Å². The standard InChI is InChI=1S/C18H15NO5/c1-3-14(2)19(17(20)22-15-10-6-4-7-11-15)24-18(21)23-16-12-8-5-9-13-16/h1,4-14H,2H3. The van der Waals surface area contributed by atoms with Gasteiger partial charge in [-0.05, 0) is 31.2 Å². The van der Waals surface area contributed by atoms with Crippen LogP contribution in [0.1, 0.15) is 6.92 Å². The summed E-state index contributed by atoms with van der Waals surface area (Å²) in [5.74, 6) is 2.85. The summed E-state index contributed by atoms with van der Waals surface area (Å²) >= 11 is 0. The molecular weight excluding hydrogens is 310 g/mol. The lowest BCUT2D eigenvalue weighted by Gasteiger charge is -2.22. The zero-order valence-electron chi connectivity index (χ0n) is 12.9. The van der Waals surface area contributed by atoms with Crippen LogP contribution in [-0.2, 0) is 4.84 Å². The Kier molecular flexibility index (Phi) is 5.81. The van der Waals surface area contributed by atoms with Crippen molar-refractivity contribution in [1.82, 2.24) is 5.06 Å². The molecule has 1 atom stereocenters. The molecule has 0 heterocycles. The van der Waals surface area contributed by atoms with Gasteiger partial charge in [-0.3, -0.25) is 4.84 Å². The van der Waals surface area contributed by atoms with Gasteiger partial charge in [0.05, 0.1) is 0 Å². The van der Waals surface area contributed by atoms with Gasteiger partial charge < -0.3 is 9.47 Å². The molecular formula is C18H15NO5. The van der Waals surface area contributed by atoms with E-state index in [0.29, 0.717) is 5.06 Å². The number of hydrogen-bond acceptors (Lipinski definition) is 5. The van der Waals surface area contributed by atoms with Crippen LogP contribution in [0.4, 0.5) is 9.59 Å². The van der Waals surface area contributed by atoms with Crippen molar-refractivity contribution in [2.24, 2.45) is 0 Å². The molecule has 122 valence electrons. The molecule has 1 amide bonds. The van der Waals surface area contributed by atoms with E-state index < -0.39 is 18.3 Å². The van der Waals surface area contributed by atoms with Gasteiger partial charge in [-0.1, -0.05) is 42.3 Å². The molecule has 0 aliphatic rings. The number of hydrogen-bond donors (Lipinski definition) is 0. The summed E-state index contributed by atoms with van der Waals surface area (Å²) in [7, 11) is 0. The number of para-hydroxylation sites is 2. The van der Waals surface area contributed by atoms with Crippen molar-refractivity contribution in [3.63, 3.8) is 0 Å². The Balaban J connectivity index is 2.04. The zero-order chi connectivity index (χ0) is 17.4. The minimum Gasteiger partial charge on any atom is -0.408 e. The third-order valence-corrected chi connectivity index (χ3v) is 2.84. The number of rotatable bonds is 3. The van der Waals surface area contributed by atoms with Crippen molar-refractivity contribution in [1.29, 1.82) is 0 Å². The molecule has 0 radical (unpaired) electrons. The summed E-state index contributed by atoms with van der Waals surface area (Å²) in [5.41, 5.74) is 0. The Bertz CT molecular complexity index is 724. The highest BCUT2D eigenvalue weighted by atomic mass is 16.8. The van der Waals surface area contributed by atoms with Gasteiger partial charge in [0.15, 0.2) is 0 Å². The van der Waals surface area contributed by atoms with Crippen LogP contribution in [0.25, 0.3) is 0 Å². The first-order valence-electron chi connectivity index (χ1n) is 7.07. The molecule has 6 nitrogen and oxygen atoms in total. The predicted molar refractivity (Wildman–Crippen MR) is 86.2 cm³/mol. The number of nitrogens with zero attached hydrogens (tertiary/aromatic N) is 1. The fourth-order valence-corrected chi connectivity index (χ4v) is 1.66. The molecule has 1 unspecified atom stereocenters. The number of ether oxygens (including phenoxy) is 2. The van der Waals surface area contributed by atoms with E-state index in [-0.39, 0.29) is 11.5 Å². The van der Waals surface area contributed by atoms with E-state index in [1.54, 1.807) is 60.7 Å². The zero-order valence-corrected chi connectivity index (χ0v) is 12.9. The predicted octanol–water partition coefficient (Wildman–Crippen LogP) is 3.64. The van der Waals surface area contributed by atoms with Gasteiger partial charge in [0.1, 0.15) is 17.5 Å². The fraction of sp³-hybridized carbons (Fsp3) is 0.111. The molecule has 24 heavy (non-hydrogen) atoms. The first-order valence-corrected chi connectivity index (χ1v) is 7.07. The first kappa shape index (κ1) is 16.9. The van der Waals surface area contributed by atoms with Crippen LogP contribution in [0.3, 0.4) is 0 Å². The molecule has 0 saturated heterocycles. The molecule has 0 saturated carbocycles. The summed E-state index contributed by atoms with van der Waals surface area (Å²) in [5, 5.41) is 0.637. The molecule has 2 aromatic carbocycles. The largest absolute Gasteiger partial charge is 0.539 e. The minimum atomic E-state index is -1.10. The normalized spacial score (nSPS) is 10.8. The van der Waals surface area contributed by atoms with E-state index in [1.165, 1.54) is 6.92 Å². The Morgan fingerprint density at radius 2 is 1.46 bits per heavy atom. The van der Waals surface area contributed by atoms with Gasteiger partial charge in [-0.25, -0.2) is 9.59 Å². The topological polar surface area (TPSA) is 65.1 Å². The number of amides is 1. The summed E-state index contributed by atoms with van der Waals surface area (Å²) in [6, 6.07) is 15.8. The van der Waals surface area contributed by atoms with Gasteiger partial charge in [0.2, 0.25) is 0 Å². The number of carbonyl (C=O) groups excluding carboxylic acids is 2. The highest BCUT2D eigenvalue weighted by molar-refractivity contribution is 5.73. The maximum absolute atomic E-state index is 12.2. The average molecular weight is 325 g/mol. The van der Waals surface area contributed by atoms with Crippen LogP contribution >= 0.6 is 0 Å².